The summed E-state index contributed by atoms with van der Waals surface area (Å²) in [6, 6.07) is 4.18. The van der Waals surface area contributed by atoms with Crippen LogP contribution >= 0.6 is 23.2 Å². The van der Waals surface area contributed by atoms with E-state index in [2.05, 4.69) is 19.4 Å². The van der Waals surface area contributed by atoms with Gasteiger partial charge in [-0.2, -0.15) is 0 Å². The van der Waals surface area contributed by atoms with E-state index < -0.39 is 16.0 Å². The molecule has 0 saturated carbocycles. The maximum atomic E-state index is 12.6. The maximum Gasteiger partial charge on any atom is 0.358 e. The number of carbonyl (C=O) groups is 1. The first kappa shape index (κ1) is 19.2. The molecule has 2 rings (SSSR count). The monoisotopic (exact) mass is 405 g/mol. The van der Waals surface area contributed by atoms with E-state index in [1.165, 1.54) is 39.3 Å². The molecule has 1 aromatic heterocycles. The Bertz CT molecular complexity index is 934. The smallest absolute Gasteiger partial charge is 0.358 e. The average Bonchev–Trinajstić information content (AvgIpc) is 2.56. The summed E-state index contributed by atoms with van der Waals surface area (Å²) in [4.78, 5) is 19.4. The van der Waals surface area contributed by atoms with Crippen molar-refractivity contribution in [2.75, 3.05) is 18.9 Å². The van der Waals surface area contributed by atoms with Crippen LogP contribution in [0.3, 0.4) is 0 Å². The van der Waals surface area contributed by atoms with Gasteiger partial charge in [0.25, 0.3) is 15.9 Å². The number of aromatic nitrogens is 2. The third kappa shape index (κ3) is 3.94. The van der Waals surface area contributed by atoms with Gasteiger partial charge in [0.05, 0.1) is 30.0 Å². The summed E-state index contributed by atoms with van der Waals surface area (Å²) in [5, 5.41) is -0.0497. The van der Waals surface area contributed by atoms with Crippen LogP contribution in [0.5, 0.6) is 5.88 Å². The number of hydrogen-bond acceptors (Lipinski definition) is 7. The van der Waals surface area contributed by atoms with E-state index in [1.807, 2.05) is 0 Å². The fourth-order valence-electron chi connectivity index (χ4n) is 1.88. The summed E-state index contributed by atoms with van der Waals surface area (Å²) in [7, 11) is -1.68. The van der Waals surface area contributed by atoms with Gasteiger partial charge in [-0.05, 0) is 19.1 Å². The molecule has 25 heavy (non-hydrogen) atoms. The molecule has 0 spiro atoms. The summed E-state index contributed by atoms with van der Waals surface area (Å²) in [5.41, 5.74) is 0.0608. The van der Waals surface area contributed by atoms with Gasteiger partial charge in [-0.3, -0.25) is 4.72 Å². The van der Waals surface area contributed by atoms with Crippen LogP contribution in [0.1, 0.15) is 16.2 Å². The first-order valence-electron chi connectivity index (χ1n) is 6.69. The van der Waals surface area contributed by atoms with E-state index in [0.717, 1.165) is 0 Å². The Labute approximate surface area is 154 Å². The molecule has 0 radical (unpaired) electrons. The lowest BCUT2D eigenvalue weighted by Crippen LogP contribution is -2.18. The molecule has 0 unspecified atom stereocenters. The first-order chi connectivity index (χ1) is 11.7. The summed E-state index contributed by atoms with van der Waals surface area (Å²) in [5.74, 6) is -1.13. The molecule has 2 aromatic rings. The van der Waals surface area contributed by atoms with Crippen LogP contribution in [0, 0.1) is 6.92 Å². The van der Waals surface area contributed by atoms with Crippen molar-refractivity contribution in [2.45, 2.75) is 11.8 Å². The van der Waals surface area contributed by atoms with Gasteiger partial charge in [0, 0.05) is 0 Å². The average molecular weight is 406 g/mol. The van der Waals surface area contributed by atoms with E-state index in [4.69, 9.17) is 27.9 Å². The SMILES string of the molecule is COC(=O)c1nc(OC)c(NS(=O)(=O)c2cccc(Cl)c2Cl)nc1C. The van der Waals surface area contributed by atoms with Crippen LogP contribution in [-0.4, -0.2) is 38.6 Å². The van der Waals surface area contributed by atoms with Crippen molar-refractivity contribution >= 4 is 45.0 Å². The number of nitrogens with one attached hydrogen (secondary N) is 1. The third-order valence-electron chi connectivity index (χ3n) is 3.05. The summed E-state index contributed by atoms with van der Waals surface area (Å²) < 4.78 is 36.9. The Hall–Kier alpha value is -2.10. The number of methoxy groups -OCH3 is 2. The number of esters is 1. The Morgan fingerprint density at radius 2 is 1.88 bits per heavy atom. The first-order valence-corrected chi connectivity index (χ1v) is 8.93. The van der Waals surface area contributed by atoms with Crippen LogP contribution in [0.2, 0.25) is 10.0 Å². The van der Waals surface area contributed by atoms with Crippen molar-refractivity contribution in [1.82, 2.24) is 9.97 Å². The van der Waals surface area contributed by atoms with Gasteiger partial charge in [-0.25, -0.2) is 23.2 Å². The van der Waals surface area contributed by atoms with Gasteiger partial charge in [0.1, 0.15) is 4.90 Å². The molecule has 8 nitrogen and oxygen atoms in total. The minimum atomic E-state index is -4.12. The quantitative estimate of drug-likeness (QED) is 0.761. The lowest BCUT2D eigenvalue weighted by Gasteiger charge is -2.13. The second-order valence-corrected chi connectivity index (χ2v) is 7.10. The van der Waals surface area contributed by atoms with Crippen LogP contribution in [0.15, 0.2) is 23.1 Å². The molecule has 1 heterocycles. The lowest BCUT2D eigenvalue weighted by atomic mass is 10.3. The maximum absolute atomic E-state index is 12.6. The van der Waals surface area contributed by atoms with Gasteiger partial charge >= 0.3 is 5.97 Å². The minimum Gasteiger partial charge on any atom is -0.478 e. The van der Waals surface area contributed by atoms with Crippen molar-refractivity contribution in [3.8, 4) is 5.88 Å². The van der Waals surface area contributed by atoms with Crippen LogP contribution in [0.4, 0.5) is 5.82 Å². The van der Waals surface area contributed by atoms with E-state index in [1.54, 1.807) is 0 Å². The number of nitrogens with zero attached hydrogens (tertiary/aromatic N) is 2. The molecule has 0 bridgehead atoms. The van der Waals surface area contributed by atoms with Crippen molar-refractivity contribution in [1.29, 1.82) is 0 Å². The molecule has 0 aliphatic heterocycles. The molecular formula is C14H13Cl2N3O5S. The molecule has 0 aliphatic carbocycles. The highest BCUT2D eigenvalue weighted by Crippen LogP contribution is 2.31. The molecule has 0 fully saturated rings. The van der Waals surface area contributed by atoms with Crippen molar-refractivity contribution in [2.24, 2.45) is 0 Å². The van der Waals surface area contributed by atoms with Crippen LogP contribution in [-0.2, 0) is 14.8 Å². The number of anilines is 1. The van der Waals surface area contributed by atoms with Gasteiger partial charge < -0.3 is 9.47 Å². The zero-order valence-corrected chi connectivity index (χ0v) is 15.7. The molecule has 1 N–H and O–H groups in total. The number of hydrogen-bond donors (Lipinski definition) is 1. The largest absolute Gasteiger partial charge is 0.478 e. The van der Waals surface area contributed by atoms with Gasteiger partial charge in [0.2, 0.25) is 5.82 Å². The predicted molar refractivity (Wildman–Crippen MR) is 91.9 cm³/mol. The standard InChI is InChI=1S/C14H13Cl2N3O5S/c1-7-11(14(20)24-3)18-13(23-2)12(17-7)19-25(21,22)9-6-4-5-8(15)10(9)16/h4-6H,1-3H3,(H,17,19). The number of ether oxygens (including phenoxy) is 2. The summed E-state index contributed by atoms with van der Waals surface area (Å²) in [6.07, 6.45) is 0. The molecule has 0 saturated heterocycles. The molecule has 1 aromatic carbocycles. The topological polar surface area (TPSA) is 107 Å². The van der Waals surface area contributed by atoms with Gasteiger partial charge in [0.15, 0.2) is 5.69 Å². The van der Waals surface area contributed by atoms with Crippen molar-refractivity contribution in [3.05, 3.63) is 39.6 Å². The second-order valence-electron chi connectivity index (χ2n) is 4.66. The fourth-order valence-corrected chi connectivity index (χ4v) is 3.64. The normalized spacial score (nSPS) is 11.1. The predicted octanol–water partition coefficient (Wildman–Crippen LogP) is 2.69. The number of aryl methyl sites for hydroxylation is 1. The highest BCUT2D eigenvalue weighted by atomic mass is 35.5. The summed E-state index contributed by atoms with van der Waals surface area (Å²) in [6.45, 7) is 1.48. The molecule has 0 amide bonds. The highest BCUT2D eigenvalue weighted by Gasteiger charge is 2.24. The second kappa shape index (κ2) is 7.42. The van der Waals surface area contributed by atoms with E-state index in [-0.39, 0.29) is 38.0 Å². The number of carbonyl (C=O) groups excluding carboxylic acids is 1. The van der Waals surface area contributed by atoms with Crippen LogP contribution < -0.4 is 9.46 Å². The zero-order chi connectivity index (χ0) is 18.8. The number of halogens is 2. The molecule has 0 aliphatic rings. The van der Waals surface area contributed by atoms with Crippen molar-refractivity contribution < 1.29 is 22.7 Å². The van der Waals surface area contributed by atoms with Crippen molar-refractivity contribution in [3.63, 3.8) is 0 Å². The van der Waals surface area contributed by atoms with E-state index in [0.29, 0.717) is 0 Å². The number of sulfonamides is 1. The Balaban J connectivity index is 2.51. The Morgan fingerprint density at radius 1 is 1.20 bits per heavy atom. The van der Waals surface area contributed by atoms with E-state index >= 15 is 0 Å². The Morgan fingerprint density at radius 3 is 2.48 bits per heavy atom. The lowest BCUT2D eigenvalue weighted by molar-refractivity contribution is 0.0591. The molecule has 0 atom stereocenters. The van der Waals surface area contributed by atoms with E-state index in [9.17, 15) is 13.2 Å². The minimum absolute atomic E-state index is 0.0832. The molecular weight excluding hydrogens is 393 g/mol. The molecule has 11 heteroatoms. The zero-order valence-electron chi connectivity index (χ0n) is 13.3. The van der Waals surface area contributed by atoms with Gasteiger partial charge in [-0.15, -0.1) is 0 Å². The number of rotatable bonds is 5. The number of benzene rings is 1. The molecule has 134 valence electrons. The third-order valence-corrected chi connectivity index (χ3v) is 5.36. The fraction of sp³-hybridized carbons (Fsp3) is 0.214. The summed E-state index contributed by atoms with van der Waals surface area (Å²) >= 11 is 11.8. The van der Waals surface area contributed by atoms with Gasteiger partial charge in [-0.1, -0.05) is 29.3 Å². The van der Waals surface area contributed by atoms with Crippen LogP contribution in [0.25, 0.3) is 0 Å². The Kier molecular flexibility index (Phi) is 5.71. The highest BCUT2D eigenvalue weighted by molar-refractivity contribution is 7.92.